The van der Waals surface area contributed by atoms with Crippen LogP contribution in [-0.4, -0.2) is 61.0 Å². The highest BCUT2D eigenvalue weighted by molar-refractivity contribution is 6.39. The minimum absolute atomic E-state index is 0.484. The standard InChI is InChI=1S/C20H25N5O2/c26-19(20(27)23-17-6-4-9-21-16-17)22-10-5-11-24-12-14-25(15-13-24)18-7-2-1-3-8-18/h1-4,6-9,16H,5,10-15H2,(H,22,26)(H,23,27). The molecule has 2 aromatic rings. The molecule has 0 saturated carbocycles. The van der Waals surface area contributed by atoms with Gasteiger partial charge in [0.05, 0.1) is 11.9 Å². The van der Waals surface area contributed by atoms with Gasteiger partial charge in [0.2, 0.25) is 0 Å². The molecule has 2 N–H and O–H groups in total. The SMILES string of the molecule is O=C(NCCCN1CCN(c2ccccc2)CC1)C(=O)Nc1cccnc1. The maximum Gasteiger partial charge on any atom is 0.313 e. The zero-order valence-electron chi connectivity index (χ0n) is 15.3. The highest BCUT2D eigenvalue weighted by atomic mass is 16.2. The summed E-state index contributed by atoms with van der Waals surface area (Å²) in [4.78, 5) is 32.3. The summed E-state index contributed by atoms with van der Waals surface area (Å²) in [5.74, 6) is -1.28. The highest BCUT2D eigenvalue weighted by Crippen LogP contribution is 2.15. The Labute approximate surface area is 159 Å². The molecule has 1 aliphatic heterocycles. The van der Waals surface area contributed by atoms with Crippen LogP contribution in [0.15, 0.2) is 54.9 Å². The van der Waals surface area contributed by atoms with Crippen LogP contribution >= 0.6 is 0 Å². The number of pyridine rings is 1. The number of carbonyl (C=O) groups excluding carboxylic acids is 2. The normalized spacial score (nSPS) is 14.6. The van der Waals surface area contributed by atoms with Crippen LogP contribution in [0.1, 0.15) is 6.42 Å². The highest BCUT2D eigenvalue weighted by Gasteiger charge is 2.17. The van der Waals surface area contributed by atoms with Crippen LogP contribution in [0.2, 0.25) is 0 Å². The first kappa shape index (κ1) is 18.8. The fourth-order valence-corrected chi connectivity index (χ4v) is 3.08. The molecule has 0 radical (unpaired) electrons. The zero-order chi connectivity index (χ0) is 18.9. The van der Waals surface area contributed by atoms with Crippen LogP contribution in [0, 0.1) is 0 Å². The summed E-state index contributed by atoms with van der Waals surface area (Å²) in [5, 5.41) is 5.19. The summed E-state index contributed by atoms with van der Waals surface area (Å²) in [5.41, 5.74) is 1.78. The Hall–Kier alpha value is -2.93. The monoisotopic (exact) mass is 367 g/mol. The van der Waals surface area contributed by atoms with Crippen molar-refractivity contribution in [2.45, 2.75) is 6.42 Å². The number of rotatable bonds is 6. The molecule has 2 amide bonds. The summed E-state index contributed by atoms with van der Waals surface area (Å²) < 4.78 is 0. The molecule has 2 heterocycles. The summed E-state index contributed by atoms with van der Waals surface area (Å²) in [6.45, 7) is 5.41. The van der Waals surface area contributed by atoms with Crippen molar-refractivity contribution in [1.82, 2.24) is 15.2 Å². The minimum atomic E-state index is -0.667. The van der Waals surface area contributed by atoms with Crippen molar-refractivity contribution < 1.29 is 9.59 Å². The van der Waals surface area contributed by atoms with Crippen LogP contribution in [-0.2, 0) is 9.59 Å². The molecule has 0 aliphatic carbocycles. The van der Waals surface area contributed by atoms with E-state index in [1.807, 2.05) is 6.07 Å². The van der Waals surface area contributed by atoms with Crippen LogP contribution in [0.3, 0.4) is 0 Å². The Balaban J connectivity index is 1.30. The molecule has 0 bridgehead atoms. The van der Waals surface area contributed by atoms with Crippen molar-refractivity contribution >= 4 is 23.2 Å². The maximum atomic E-state index is 11.8. The Morgan fingerprint density at radius 3 is 2.44 bits per heavy atom. The molecular formula is C20H25N5O2. The van der Waals surface area contributed by atoms with Crippen molar-refractivity contribution in [3.63, 3.8) is 0 Å². The van der Waals surface area contributed by atoms with Gasteiger partial charge < -0.3 is 15.5 Å². The molecule has 7 heteroatoms. The van der Waals surface area contributed by atoms with Crippen molar-refractivity contribution in [1.29, 1.82) is 0 Å². The number of hydrogen-bond acceptors (Lipinski definition) is 5. The number of nitrogens with zero attached hydrogens (tertiary/aromatic N) is 3. The first-order valence-corrected chi connectivity index (χ1v) is 9.24. The topological polar surface area (TPSA) is 77.6 Å². The fraction of sp³-hybridized carbons (Fsp3) is 0.350. The second-order valence-corrected chi connectivity index (χ2v) is 6.47. The third-order valence-corrected chi connectivity index (χ3v) is 4.56. The van der Waals surface area contributed by atoms with Crippen molar-refractivity contribution in [3.05, 3.63) is 54.9 Å². The Morgan fingerprint density at radius 2 is 1.74 bits per heavy atom. The molecule has 1 aromatic carbocycles. The van der Waals surface area contributed by atoms with E-state index in [-0.39, 0.29) is 0 Å². The average Bonchev–Trinajstić information content (AvgIpc) is 2.73. The number of anilines is 2. The smallest absolute Gasteiger partial charge is 0.313 e. The molecule has 7 nitrogen and oxygen atoms in total. The lowest BCUT2D eigenvalue weighted by molar-refractivity contribution is -0.136. The molecule has 1 fully saturated rings. The Kier molecular flexibility index (Phi) is 6.76. The maximum absolute atomic E-state index is 11.8. The van der Waals surface area contributed by atoms with Gasteiger partial charge in [-0.15, -0.1) is 0 Å². The summed E-state index contributed by atoms with van der Waals surface area (Å²) in [6.07, 6.45) is 3.92. The summed E-state index contributed by atoms with van der Waals surface area (Å²) in [6, 6.07) is 13.8. The summed E-state index contributed by atoms with van der Waals surface area (Å²) >= 11 is 0. The van der Waals surface area contributed by atoms with Crippen molar-refractivity contribution in [2.75, 3.05) is 49.5 Å². The van der Waals surface area contributed by atoms with Crippen LogP contribution in [0.25, 0.3) is 0 Å². The largest absolute Gasteiger partial charge is 0.369 e. The van der Waals surface area contributed by atoms with E-state index in [0.29, 0.717) is 12.2 Å². The van der Waals surface area contributed by atoms with Gasteiger partial charge in [0.25, 0.3) is 0 Å². The number of para-hydroxylation sites is 1. The molecule has 0 spiro atoms. The van der Waals surface area contributed by atoms with E-state index >= 15 is 0 Å². The number of piperazine rings is 1. The van der Waals surface area contributed by atoms with Gasteiger partial charge in [0, 0.05) is 44.6 Å². The van der Waals surface area contributed by atoms with E-state index in [4.69, 9.17) is 0 Å². The van der Waals surface area contributed by atoms with Crippen LogP contribution < -0.4 is 15.5 Å². The summed E-state index contributed by atoms with van der Waals surface area (Å²) in [7, 11) is 0. The molecule has 1 aliphatic rings. The lowest BCUT2D eigenvalue weighted by Crippen LogP contribution is -2.47. The number of aromatic nitrogens is 1. The van der Waals surface area contributed by atoms with Gasteiger partial charge in [-0.05, 0) is 37.2 Å². The van der Waals surface area contributed by atoms with Crippen molar-refractivity contribution in [3.8, 4) is 0 Å². The Bertz CT molecular complexity index is 731. The Morgan fingerprint density at radius 1 is 0.963 bits per heavy atom. The third-order valence-electron chi connectivity index (χ3n) is 4.56. The van der Waals surface area contributed by atoms with Gasteiger partial charge in [0.15, 0.2) is 0 Å². The molecule has 3 rings (SSSR count). The quantitative estimate of drug-likeness (QED) is 0.595. The van der Waals surface area contributed by atoms with Crippen molar-refractivity contribution in [2.24, 2.45) is 0 Å². The van der Waals surface area contributed by atoms with E-state index in [9.17, 15) is 9.59 Å². The molecule has 1 saturated heterocycles. The number of nitrogens with one attached hydrogen (secondary N) is 2. The molecule has 1 aromatic heterocycles. The number of carbonyl (C=O) groups is 2. The predicted molar refractivity (Wildman–Crippen MR) is 106 cm³/mol. The first-order valence-electron chi connectivity index (χ1n) is 9.24. The number of hydrogen-bond donors (Lipinski definition) is 2. The van der Waals surface area contributed by atoms with Gasteiger partial charge in [-0.3, -0.25) is 19.5 Å². The molecular weight excluding hydrogens is 342 g/mol. The van der Waals surface area contributed by atoms with Gasteiger partial charge in [-0.1, -0.05) is 18.2 Å². The third kappa shape index (κ3) is 5.79. The van der Waals surface area contributed by atoms with Gasteiger partial charge in [-0.2, -0.15) is 0 Å². The first-order chi connectivity index (χ1) is 13.2. The fourth-order valence-electron chi connectivity index (χ4n) is 3.08. The van der Waals surface area contributed by atoms with Gasteiger partial charge in [-0.25, -0.2) is 0 Å². The molecule has 0 atom stereocenters. The molecule has 142 valence electrons. The van der Waals surface area contributed by atoms with Gasteiger partial charge in [0.1, 0.15) is 0 Å². The zero-order valence-corrected chi connectivity index (χ0v) is 15.3. The van der Waals surface area contributed by atoms with E-state index in [0.717, 1.165) is 39.1 Å². The lowest BCUT2D eigenvalue weighted by Gasteiger charge is -2.36. The molecule has 0 unspecified atom stereocenters. The minimum Gasteiger partial charge on any atom is -0.369 e. The lowest BCUT2D eigenvalue weighted by atomic mass is 10.2. The van der Waals surface area contributed by atoms with Gasteiger partial charge >= 0.3 is 11.8 Å². The van der Waals surface area contributed by atoms with Crippen LogP contribution in [0.4, 0.5) is 11.4 Å². The van der Waals surface area contributed by atoms with E-state index in [2.05, 4.69) is 49.7 Å². The van der Waals surface area contributed by atoms with E-state index < -0.39 is 11.8 Å². The van der Waals surface area contributed by atoms with E-state index in [1.54, 1.807) is 18.3 Å². The predicted octanol–water partition coefficient (Wildman–Crippen LogP) is 1.35. The number of amides is 2. The van der Waals surface area contributed by atoms with Crippen LogP contribution in [0.5, 0.6) is 0 Å². The van der Waals surface area contributed by atoms with E-state index in [1.165, 1.54) is 11.9 Å². The second-order valence-electron chi connectivity index (χ2n) is 6.47. The molecule has 27 heavy (non-hydrogen) atoms. The second kappa shape index (κ2) is 9.68. The number of benzene rings is 1. The average molecular weight is 367 g/mol.